The molecule has 0 unspecified atom stereocenters. The molecule has 24 heavy (non-hydrogen) atoms. The van der Waals surface area contributed by atoms with Crippen LogP contribution < -0.4 is 14.3 Å². The van der Waals surface area contributed by atoms with Crippen LogP contribution in [0.5, 0.6) is 11.8 Å². The molecule has 3 aromatic rings. The molecule has 2 heterocycles. The maximum atomic E-state index is 13.9. The third kappa shape index (κ3) is 2.78. The number of fused-ring (bicyclic) bond motifs is 1. The van der Waals surface area contributed by atoms with Gasteiger partial charge in [0.05, 0.1) is 35.7 Å². The summed E-state index contributed by atoms with van der Waals surface area (Å²) in [6, 6.07) is 4.07. The Labute approximate surface area is 144 Å². The Hall–Kier alpha value is -2.68. The van der Waals surface area contributed by atoms with Gasteiger partial charge in [-0.3, -0.25) is 4.79 Å². The van der Waals surface area contributed by atoms with Crippen molar-refractivity contribution < 1.29 is 13.9 Å². The zero-order valence-corrected chi connectivity index (χ0v) is 14.1. The summed E-state index contributed by atoms with van der Waals surface area (Å²) < 4.78 is 25.7. The van der Waals surface area contributed by atoms with Gasteiger partial charge < -0.3 is 9.47 Å². The monoisotopic (exact) mass is 364 g/mol. The van der Waals surface area contributed by atoms with Crippen LogP contribution in [-0.4, -0.2) is 33.9 Å². The highest BCUT2D eigenvalue weighted by Gasteiger charge is 2.17. The van der Waals surface area contributed by atoms with Gasteiger partial charge in [0.2, 0.25) is 17.7 Å². The molecule has 0 bridgehead atoms. The van der Waals surface area contributed by atoms with Crippen LogP contribution in [-0.2, 0) is 0 Å². The molecule has 0 aliphatic carbocycles. The third-order valence-corrected chi connectivity index (χ3v) is 4.10. The largest absolute Gasteiger partial charge is 0.481 e. The molecule has 0 fully saturated rings. The minimum absolute atomic E-state index is 0.0288. The van der Waals surface area contributed by atoms with Crippen molar-refractivity contribution >= 4 is 44.6 Å². The quantitative estimate of drug-likeness (QED) is 0.523. The van der Waals surface area contributed by atoms with E-state index in [9.17, 15) is 9.18 Å². The van der Waals surface area contributed by atoms with Gasteiger partial charge in [0, 0.05) is 0 Å². The molecule has 0 amide bonds. The molecule has 2 aromatic heterocycles. The number of nitrogens with zero attached hydrogens (tertiary/aromatic N) is 4. The lowest BCUT2D eigenvalue weighted by Gasteiger charge is -2.07. The Morgan fingerprint density at radius 2 is 1.92 bits per heavy atom. The highest BCUT2D eigenvalue weighted by atomic mass is 32.1. The van der Waals surface area contributed by atoms with Gasteiger partial charge in [-0.25, -0.2) is 8.96 Å². The van der Waals surface area contributed by atoms with Gasteiger partial charge >= 0.3 is 4.87 Å². The van der Waals surface area contributed by atoms with Crippen molar-refractivity contribution in [3.05, 3.63) is 33.7 Å². The van der Waals surface area contributed by atoms with Crippen molar-refractivity contribution in [1.82, 2.24) is 14.5 Å². The fourth-order valence-corrected chi connectivity index (χ4v) is 3.03. The Morgan fingerprint density at radius 1 is 1.25 bits per heavy atom. The van der Waals surface area contributed by atoms with E-state index in [1.165, 1.54) is 37.0 Å². The van der Waals surface area contributed by atoms with Crippen LogP contribution in [0.2, 0.25) is 0 Å². The minimum atomic E-state index is -0.600. The molecule has 7 nitrogen and oxygen atoms in total. The summed E-state index contributed by atoms with van der Waals surface area (Å²) in [5, 5.41) is 2.11. The van der Waals surface area contributed by atoms with Gasteiger partial charge in [-0.1, -0.05) is 11.3 Å². The first-order chi connectivity index (χ1) is 11.6. The molecular weight excluding hydrogens is 355 g/mol. The molecule has 0 aliphatic heterocycles. The summed E-state index contributed by atoms with van der Waals surface area (Å²) in [4.78, 5) is 23.9. The number of aromatic nitrogens is 3. The number of hydrogen-bond acceptors (Lipinski definition) is 8. The van der Waals surface area contributed by atoms with E-state index in [0.717, 1.165) is 11.3 Å². The molecule has 3 rings (SSSR count). The second kappa shape index (κ2) is 6.44. The Morgan fingerprint density at radius 3 is 2.50 bits per heavy atom. The summed E-state index contributed by atoms with van der Waals surface area (Å²) in [5.41, 5.74) is 0.365. The van der Waals surface area contributed by atoms with E-state index >= 15 is 0 Å². The number of isothiocyanates is 1. The maximum absolute atomic E-state index is 13.9. The molecule has 122 valence electrons. The lowest BCUT2D eigenvalue weighted by Crippen LogP contribution is -2.14. The molecule has 0 aliphatic rings. The van der Waals surface area contributed by atoms with Crippen LogP contribution in [0.25, 0.3) is 16.2 Å². The fraction of sp³-hybridized carbons (Fsp3) is 0.143. The van der Waals surface area contributed by atoms with Gasteiger partial charge in [-0.2, -0.15) is 15.0 Å². The number of ether oxygens (including phenoxy) is 2. The number of thiazole rings is 1. The number of aliphatic imine (C=N–C) groups is 1. The number of methoxy groups -OCH3 is 2. The lowest BCUT2D eigenvalue weighted by molar-refractivity contribution is 0.370. The molecule has 0 radical (unpaired) electrons. The van der Waals surface area contributed by atoms with Crippen molar-refractivity contribution in [2.45, 2.75) is 0 Å². The molecule has 1 aromatic carbocycles. The van der Waals surface area contributed by atoms with Crippen LogP contribution in [0.3, 0.4) is 0 Å². The van der Waals surface area contributed by atoms with Crippen molar-refractivity contribution in [2.24, 2.45) is 4.99 Å². The zero-order chi connectivity index (χ0) is 17.3. The van der Waals surface area contributed by atoms with E-state index in [1.807, 2.05) is 0 Å². The van der Waals surface area contributed by atoms with Crippen molar-refractivity contribution in [3.8, 4) is 17.7 Å². The number of benzene rings is 1. The SMILES string of the molecule is COc1cc(OC)nc(-n2c(=O)sc3cc(F)c(N=C=S)cc32)n1. The standard InChI is InChI=1S/C14H9FN4O3S2/c1-21-11-5-12(22-2)18-13(17-11)19-9-4-8(16-6-23)7(15)3-10(9)24-14(19)20/h3-5H,1-2H3. The third-order valence-electron chi connectivity index (χ3n) is 3.10. The summed E-state index contributed by atoms with van der Waals surface area (Å²) in [6.45, 7) is 0. The Kier molecular flexibility index (Phi) is 4.34. The van der Waals surface area contributed by atoms with E-state index in [-0.39, 0.29) is 28.3 Å². The molecule has 0 saturated carbocycles. The second-order valence-corrected chi connectivity index (χ2v) is 5.61. The minimum Gasteiger partial charge on any atom is -0.481 e. The van der Waals surface area contributed by atoms with Gasteiger partial charge in [0.25, 0.3) is 0 Å². The topological polar surface area (TPSA) is 78.6 Å². The van der Waals surface area contributed by atoms with Crippen molar-refractivity contribution in [3.63, 3.8) is 0 Å². The molecule has 0 N–H and O–H groups in total. The summed E-state index contributed by atoms with van der Waals surface area (Å²) in [7, 11) is 2.86. The zero-order valence-electron chi connectivity index (χ0n) is 12.4. The molecular formula is C14H9FN4O3S2. The lowest BCUT2D eigenvalue weighted by atomic mass is 10.3. The van der Waals surface area contributed by atoms with Gasteiger partial charge in [0.1, 0.15) is 5.69 Å². The molecule has 0 spiro atoms. The van der Waals surface area contributed by atoms with Gasteiger partial charge in [-0.05, 0) is 24.4 Å². The normalized spacial score (nSPS) is 10.5. The number of halogens is 1. The summed E-state index contributed by atoms with van der Waals surface area (Å²) >= 11 is 5.37. The Bertz CT molecular complexity index is 1020. The second-order valence-electron chi connectivity index (χ2n) is 4.43. The average Bonchev–Trinajstić information content (AvgIpc) is 2.89. The van der Waals surface area contributed by atoms with E-state index in [1.54, 1.807) is 0 Å². The smallest absolute Gasteiger partial charge is 0.315 e. The maximum Gasteiger partial charge on any atom is 0.315 e. The first-order valence-electron chi connectivity index (χ1n) is 6.47. The van der Waals surface area contributed by atoms with Crippen LogP contribution in [0.4, 0.5) is 10.1 Å². The molecule has 0 saturated heterocycles. The van der Waals surface area contributed by atoms with Crippen LogP contribution in [0.15, 0.2) is 28.0 Å². The van der Waals surface area contributed by atoms with Crippen LogP contribution in [0.1, 0.15) is 0 Å². The van der Waals surface area contributed by atoms with Crippen molar-refractivity contribution in [2.75, 3.05) is 14.2 Å². The van der Waals surface area contributed by atoms with Crippen LogP contribution in [0, 0.1) is 5.82 Å². The van der Waals surface area contributed by atoms with E-state index in [0.29, 0.717) is 10.2 Å². The first kappa shape index (κ1) is 16.2. The predicted octanol–water partition coefficient (Wildman–Crippen LogP) is 2.73. The van der Waals surface area contributed by atoms with Crippen molar-refractivity contribution in [1.29, 1.82) is 0 Å². The van der Waals surface area contributed by atoms with E-state index < -0.39 is 5.82 Å². The number of rotatable bonds is 4. The molecule has 0 atom stereocenters. The van der Waals surface area contributed by atoms with E-state index in [4.69, 9.17) is 9.47 Å². The summed E-state index contributed by atoms with van der Waals surface area (Å²) in [6.07, 6.45) is 0. The first-order valence-corrected chi connectivity index (χ1v) is 7.70. The highest BCUT2D eigenvalue weighted by molar-refractivity contribution is 7.78. The average molecular weight is 364 g/mol. The molecule has 10 heteroatoms. The summed E-state index contributed by atoms with van der Waals surface area (Å²) in [5.74, 6) is -0.103. The fourth-order valence-electron chi connectivity index (χ4n) is 2.05. The Balaban J connectivity index is 2.33. The highest BCUT2D eigenvalue weighted by Crippen LogP contribution is 2.28. The van der Waals surface area contributed by atoms with Gasteiger partial charge in [-0.15, -0.1) is 0 Å². The number of hydrogen-bond donors (Lipinski definition) is 0. The van der Waals surface area contributed by atoms with Crippen LogP contribution >= 0.6 is 23.6 Å². The number of thiocarbonyl (C=S) groups is 1. The predicted molar refractivity (Wildman–Crippen MR) is 90.8 cm³/mol. The van der Waals surface area contributed by atoms with E-state index in [2.05, 4.69) is 32.3 Å². The van der Waals surface area contributed by atoms with Gasteiger partial charge in [0.15, 0.2) is 5.82 Å².